The van der Waals surface area contributed by atoms with E-state index in [-0.39, 0.29) is 5.91 Å². The van der Waals surface area contributed by atoms with Crippen LogP contribution >= 0.6 is 11.8 Å². The quantitative estimate of drug-likeness (QED) is 0.767. The van der Waals surface area contributed by atoms with Crippen molar-refractivity contribution < 1.29 is 9.53 Å². The summed E-state index contributed by atoms with van der Waals surface area (Å²) in [7, 11) is 5.02. The summed E-state index contributed by atoms with van der Waals surface area (Å²) in [6.45, 7) is 0. The molecule has 4 nitrogen and oxygen atoms in total. The van der Waals surface area contributed by atoms with Crippen LogP contribution in [-0.4, -0.2) is 37.2 Å². The standard InChI is InChI=1S/C13H14N2O2S/c1-14-13-15(2)12(16)11(18-13)8-9-6-4-5-7-10(9)17-3/h4-8H,1-3H3/b11-8-,14-13?. The molecule has 94 valence electrons. The Morgan fingerprint density at radius 1 is 1.39 bits per heavy atom. The Morgan fingerprint density at radius 3 is 2.72 bits per heavy atom. The number of likely N-dealkylation sites (N-methyl/N-ethyl adjacent to an activating group) is 1. The number of aliphatic imine (C=N–C) groups is 1. The van der Waals surface area contributed by atoms with Crippen LogP contribution in [0.5, 0.6) is 5.75 Å². The molecule has 5 heteroatoms. The monoisotopic (exact) mass is 262 g/mol. The summed E-state index contributed by atoms with van der Waals surface area (Å²) in [5.41, 5.74) is 0.890. The van der Waals surface area contributed by atoms with Crippen LogP contribution in [-0.2, 0) is 4.79 Å². The molecule has 1 aromatic carbocycles. The van der Waals surface area contributed by atoms with Gasteiger partial charge >= 0.3 is 0 Å². The first kappa shape index (κ1) is 12.7. The summed E-state index contributed by atoms with van der Waals surface area (Å²) in [5.74, 6) is 0.717. The fourth-order valence-corrected chi connectivity index (χ4v) is 2.59. The van der Waals surface area contributed by atoms with Crippen molar-refractivity contribution in [2.75, 3.05) is 21.2 Å². The lowest BCUT2D eigenvalue weighted by atomic mass is 10.2. The predicted octanol–water partition coefficient (Wildman–Crippen LogP) is 2.23. The van der Waals surface area contributed by atoms with Crippen molar-refractivity contribution >= 4 is 28.9 Å². The van der Waals surface area contributed by atoms with Crippen LogP contribution in [0, 0.1) is 0 Å². The van der Waals surface area contributed by atoms with Gasteiger partial charge in [0.25, 0.3) is 5.91 Å². The number of ether oxygens (including phenoxy) is 1. The first-order chi connectivity index (χ1) is 8.67. The van der Waals surface area contributed by atoms with Crippen molar-refractivity contribution in [2.45, 2.75) is 0 Å². The molecule has 0 unspecified atom stereocenters. The molecular weight excluding hydrogens is 248 g/mol. The molecule has 1 aliphatic heterocycles. The summed E-state index contributed by atoms with van der Waals surface area (Å²) in [5, 5.41) is 0.709. The molecule has 0 atom stereocenters. The van der Waals surface area contributed by atoms with Gasteiger partial charge in [0.15, 0.2) is 5.17 Å². The molecule has 0 aromatic heterocycles. The highest BCUT2D eigenvalue weighted by Crippen LogP contribution is 2.32. The van der Waals surface area contributed by atoms with Gasteiger partial charge in [0.2, 0.25) is 0 Å². The Hall–Kier alpha value is -1.75. The molecule has 2 rings (SSSR count). The number of amidine groups is 1. The highest BCUT2D eigenvalue weighted by atomic mass is 32.2. The summed E-state index contributed by atoms with van der Waals surface area (Å²) in [4.78, 5) is 18.3. The first-order valence-corrected chi connectivity index (χ1v) is 6.26. The first-order valence-electron chi connectivity index (χ1n) is 5.44. The summed E-state index contributed by atoms with van der Waals surface area (Å²) < 4.78 is 5.26. The minimum absolute atomic E-state index is 0.0356. The van der Waals surface area contributed by atoms with E-state index in [0.29, 0.717) is 10.1 Å². The third-order valence-electron chi connectivity index (χ3n) is 2.62. The average Bonchev–Trinajstić information content (AvgIpc) is 2.67. The highest BCUT2D eigenvalue weighted by Gasteiger charge is 2.29. The van der Waals surface area contributed by atoms with Crippen LogP contribution < -0.4 is 4.74 Å². The number of amides is 1. The zero-order chi connectivity index (χ0) is 13.1. The molecule has 1 amide bonds. The van der Waals surface area contributed by atoms with Crippen LogP contribution in [0.2, 0.25) is 0 Å². The van der Waals surface area contributed by atoms with E-state index in [4.69, 9.17) is 4.74 Å². The maximum absolute atomic E-state index is 12.0. The van der Waals surface area contributed by atoms with E-state index in [9.17, 15) is 4.79 Å². The number of carbonyl (C=O) groups is 1. The van der Waals surface area contributed by atoms with Crippen LogP contribution in [0.1, 0.15) is 5.56 Å². The van der Waals surface area contributed by atoms with Crippen LogP contribution in [0.15, 0.2) is 34.2 Å². The van der Waals surface area contributed by atoms with Gasteiger partial charge in [-0.1, -0.05) is 18.2 Å². The number of benzene rings is 1. The van der Waals surface area contributed by atoms with E-state index in [1.807, 2.05) is 30.3 Å². The molecule has 0 radical (unpaired) electrons. The molecule has 1 saturated heterocycles. The third-order valence-corrected chi connectivity index (χ3v) is 3.77. The van der Waals surface area contributed by atoms with Gasteiger partial charge < -0.3 is 4.74 Å². The molecule has 1 aliphatic rings. The zero-order valence-corrected chi connectivity index (χ0v) is 11.3. The largest absolute Gasteiger partial charge is 0.496 e. The number of hydrogen-bond donors (Lipinski definition) is 0. The minimum atomic E-state index is -0.0356. The highest BCUT2D eigenvalue weighted by molar-refractivity contribution is 8.18. The van der Waals surface area contributed by atoms with E-state index < -0.39 is 0 Å². The molecule has 0 N–H and O–H groups in total. The number of nitrogens with zero attached hydrogens (tertiary/aromatic N) is 2. The molecule has 0 bridgehead atoms. The lowest BCUT2D eigenvalue weighted by Gasteiger charge is -2.05. The van der Waals surface area contributed by atoms with Crippen LogP contribution in [0.4, 0.5) is 0 Å². The summed E-state index contributed by atoms with van der Waals surface area (Å²) in [6, 6.07) is 7.60. The van der Waals surface area contributed by atoms with Gasteiger partial charge in [0.05, 0.1) is 12.0 Å². The molecule has 1 fully saturated rings. The summed E-state index contributed by atoms with van der Waals surface area (Å²) >= 11 is 1.37. The third kappa shape index (κ3) is 2.26. The van der Waals surface area contributed by atoms with Gasteiger partial charge in [-0.3, -0.25) is 14.7 Å². The molecule has 0 spiro atoms. The Balaban J connectivity index is 2.38. The van der Waals surface area contributed by atoms with Crippen molar-refractivity contribution in [1.82, 2.24) is 4.90 Å². The van der Waals surface area contributed by atoms with E-state index in [1.165, 1.54) is 11.8 Å². The molecule has 18 heavy (non-hydrogen) atoms. The topological polar surface area (TPSA) is 41.9 Å². The molecule has 1 heterocycles. The Morgan fingerprint density at radius 2 is 2.11 bits per heavy atom. The maximum Gasteiger partial charge on any atom is 0.266 e. The Kier molecular flexibility index (Phi) is 3.72. The van der Waals surface area contributed by atoms with E-state index in [2.05, 4.69) is 4.99 Å². The van der Waals surface area contributed by atoms with Crippen molar-refractivity contribution in [3.63, 3.8) is 0 Å². The second kappa shape index (κ2) is 5.27. The second-order valence-corrected chi connectivity index (χ2v) is 4.73. The van der Waals surface area contributed by atoms with E-state index in [1.54, 1.807) is 26.1 Å². The van der Waals surface area contributed by atoms with Gasteiger partial charge in [0, 0.05) is 19.7 Å². The van der Waals surface area contributed by atoms with Crippen molar-refractivity contribution in [2.24, 2.45) is 4.99 Å². The van der Waals surface area contributed by atoms with E-state index in [0.717, 1.165) is 11.3 Å². The van der Waals surface area contributed by atoms with Crippen molar-refractivity contribution in [3.05, 3.63) is 34.7 Å². The smallest absolute Gasteiger partial charge is 0.266 e. The lowest BCUT2D eigenvalue weighted by molar-refractivity contribution is -0.121. The second-order valence-electron chi connectivity index (χ2n) is 3.72. The van der Waals surface area contributed by atoms with Gasteiger partial charge in [0.1, 0.15) is 5.75 Å². The van der Waals surface area contributed by atoms with Crippen molar-refractivity contribution in [3.8, 4) is 5.75 Å². The van der Waals surface area contributed by atoms with Gasteiger partial charge in [-0.15, -0.1) is 0 Å². The lowest BCUT2D eigenvalue weighted by Crippen LogP contribution is -2.23. The minimum Gasteiger partial charge on any atom is -0.496 e. The number of methoxy groups -OCH3 is 1. The van der Waals surface area contributed by atoms with Gasteiger partial charge in [-0.2, -0.15) is 0 Å². The SMILES string of the molecule is CN=C1S/C(=C\c2ccccc2OC)C(=O)N1C. The van der Waals surface area contributed by atoms with E-state index >= 15 is 0 Å². The number of carbonyl (C=O) groups excluding carboxylic acids is 1. The molecule has 0 saturated carbocycles. The van der Waals surface area contributed by atoms with Gasteiger partial charge in [-0.05, 0) is 23.9 Å². The van der Waals surface area contributed by atoms with Gasteiger partial charge in [-0.25, -0.2) is 0 Å². The van der Waals surface area contributed by atoms with Crippen LogP contribution in [0.25, 0.3) is 6.08 Å². The fourth-order valence-electron chi connectivity index (χ4n) is 1.68. The number of thioether (sulfide) groups is 1. The molecule has 0 aliphatic carbocycles. The fraction of sp³-hybridized carbons (Fsp3) is 0.231. The van der Waals surface area contributed by atoms with Crippen molar-refractivity contribution in [1.29, 1.82) is 0 Å². The molecular formula is C13H14N2O2S. The number of rotatable bonds is 2. The number of hydrogen-bond acceptors (Lipinski definition) is 4. The predicted molar refractivity (Wildman–Crippen MR) is 74.7 cm³/mol. The summed E-state index contributed by atoms with van der Waals surface area (Å²) in [6.07, 6.45) is 1.83. The Labute approximate surface area is 110 Å². The Bertz CT molecular complexity index is 538. The van der Waals surface area contributed by atoms with Crippen LogP contribution in [0.3, 0.4) is 0 Å². The molecule has 1 aromatic rings. The number of para-hydroxylation sites is 1. The zero-order valence-electron chi connectivity index (χ0n) is 10.5. The normalized spacial score (nSPS) is 19.9. The maximum atomic E-state index is 12.0. The average molecular weight is 262 g/mol.